The summed E-state index contributed by atoms with van der Waals surface area (Å²) in [7, 11) is -4.41. The van der Waals surface area contributed by atoms with Crippen LogP contribution in [0.4, 0.5) is 19.0 Å². The number of aromatic nitrogens is 2. The minimum atomic E-state index is -4.80. The van der Waals surface area contributed by atoms with Crippen LogP contribution in [0.5, 0.6) is 0 Å². The number of ether oxygens (including phenoxy) is 1. The first-order valence-corrected chi connectivity index (χ1v) is 12.5. The van der Waals surface area contributed by atoms with Crippen molar-refractivity contribution in [2.24, 2.45) is 5.92 Å². The van der Waals surface area contributed by atoms with Crippen molar-refractivity contribution in [2.75, 3.05) is 31.1 Å². The van der Waals surface area contributed by atoms with Crippen LogP contribution < -0.4 is 4.90 Å². The highest BCUT2D eigenvalue weighted by atomic mass is 32.2. The number of alkyl halides is 3. The van der Waals surface area contributed by atoms with Gasteiger partial charge in [-0.1, -0.05) is 12.1 Å². The number of carbonyl (C=O) groups is 1. The molecule has 34 heavy (non-hydrogen) atoms. The van der Waals surface area contributed by atoms with E-state index in [1.54, 1.807) is 6.92 Å². The van der Waals surface area contributed by atoms with Gasteiger partial charge in [-0.3, -0.25) is 4.79 Å². The molecule has 2 aromatic rings. The SMILES string of the molecule is CCOC(=O)C1CCN(c2ncnc3c2CN(S(=O)(=O)c2ccccc2C(F)(F)F)CC3)CC1. The van der Waals surface area contributed by atoms with Gasteiger partial charge >= 0.3 is 12.1 Å². The lowest BCUT2D eigenvalue weighted by atomic mass is 9.96. The number of nitrogens with zero attached hydrogens (tertiary/aromatic N) is 4. The van der Waals surface area contributed by atoms with Crippen molar-refractivity contribution in [2.45, 2.75) is 43.8 Å². The Morgan fingerprint density at radius 1 is 1.15 bits per heavy atom. The van der Waals surface area contributed by atoms with Gasteiger partial charge in [0, 0.05) is 38.2 Å². The highest BCUT2D eigenvalue weighted by Gasteiger charge is 2.40. The largest absolute Gasteiger partial charge is 0.466 e. The van der Waals surface area contributed by atoms with E-state index >= 15 is 0 Å². The Labute approximate surface area is 195 Å². The van der Waals surface area contributed by atoms with Crippen molar-refractivity contribution >= 4 is 21.8 Å². The Bertz CT molecular complexity index is 1160. The minimum Gasteiger partial charge on any atom is -0.466 e. The number of piperidine rings is 1. The molecule has 0 radical (unpaired) electrons. The summed E-state index contributed by atoms with van der Waals surface area (Å²) in [6, 6.07) is 4.20. The Kier molecular flexibility index (Phi) is 6.81. The number of sulfonamides is 1. The Morgan fingerprint density at radius 3 is 2.53 bits per heavy atom. The molecule has 0 N–H and O–H groups in total. The highest BCUT2D eigenvalue weighted by Crippen LogP contribution is 2.37. The molecular weight excluding hydrogens is 473 g/mol. The molecule has 3 heterocycles. The number of rotatable bonds is 5. The van der Waals surface area contributed by atoms with E-state index in [9.17, 15) is 26.4 Å². The predicted molar refractivity (Wildman–Crippen MR) is 116 cm³/mol. The number of anilines is 1. The van der Waals surface area contributed by atoms with Crippen molar-refractivity contribution in [3.8, 4) is 0 Å². The Hall–Kier alpha value is -2.73. The molecular formula is C22H25F3N4O4S. The van der Waals surface area contributed by atoms with Crippen molar-refractivity contribution in [1.29, 1.82) is 0 Å². The number of carbonyl (C=O) groups excluding carboxylic acids is 1. The number of benzene rings is 1. The normalized spacial score (nSPS) is 17.9. The highest BCUT2D eigenvalue weighted by molar-refractivity contribution is 7.89. The first-order valence-electron chi connectivity index (χ1n) is 11.0. The van der Waals surface area contributed by atoms with E-state index in [1.807, 2.05) is 4.90 Å². The molecule has 0 unspecified atom stereocenters. The van der Waals surface area contributed by atoms with Gasteiger partial charge in [0.15, 0.2) is 0 Å². The lowest BCUT2D eigenvalue weighted by Gasteiger charge is -2.35. The fourth-order valence-electron chi connectivity index (χ4n) is 4.43. The van der Waals surface area contributed by atoms with Gasteiger partial charge in [-0.25, -0.2) is 18.4 Å². The number of hydrogen-bond acceptors (Lipinski definition) is 7. The smallest absolute Gasteiger partial charge is 0.417 e. The number of esters is 1. The van der Waals surface area contributed by atoms with E-state index in [0.29, 0.717) is 49.6 Å². The van der Waals surface area contributed by atoms with Crippen LogP contribution in [-0.4, -0.2) is 54.9 Å². The Morgan fingerprint density at radius 2 is 1.85 bits per heavy atom. The average Bonchev–Trinajstić information content (AvgIpc) is 2.83. The molecule has 12 heteroatoms. The van der Waals surface area contributed by atoms with Gasteiger partial charge in [-0.15, -0.1) is 0 Å². The summed E-state index contributed by atoms with van der Waals surface area (Å²) in [5.41, 5.74) is 0.0656. The molecule has 1 fully saturated rings. The van der Waals surface area contributed by atoms with Crippen LogP contribution in [0, 0.1) is 5.92 Å². The van der Waals surface area contributed by atoms with Crippen molar-refractivity contribution in [3.63, 3.8) is 0 Å². The topological polar surface area (TPSA) is 92.7 Å². The predicted octanol–water partition coefficient (Wildman–Crippen LogP) is 3.02. The average molecular weight is 499 g/mol. The van der Waals surface area contributed by atoms with E-state index < -0.39 is 26.7 Å². The lowest BCUT2D eigenvalue weighted by molar-refractivity contribution is -0.148. The summed E-state index contributed by atoms with van der Waals surface area (Å²) >= 11 is 0. The molecule has 1 saturated heterocycles. The van der Waals surface area contributed by atoms with Crippen LogP contribution >= 0.6 is 0 Å². The standard InChI is InChI=1S/C22H25F3N4O4S/c1-2-33-21(30)15-7-10-28(11-8-15)20-16-13-29(12-9-18(16)26-14-27-20)34(31,32)19-6-4-3-5-17(19)22(23,24)25/h3-6,14-15H,2,7-13H2,1H3. The molecule has 8 nitrogen and oxygen atoms in total. The van der Waals surface area contributed by atoms with Crippen LogP contribution in [0.1, 0.15) is 36.6 Å². The second-order valence-corrected chi connectivity index (χ2v) is 10.1. The number of halogens is 3. The molecule has 2 aliphatic rings. The molecule has 184 valence electrons. The fourth-order valence-corrected chi connectivity index (χ4v) is 6.05. The fraction of sp³-hybridized carbons (Fsp3) is 0.500. The van der Waals surface area contributed by atoms with Gasteiger partial charge in [-0.2, -0.15) is 17.5 Å². The molecule has 0 atom stereocenters. The third kappa shape index (κ3) is 4.74. The first-order chi connectivity index (χ1) is 16.1. The third-order valence-corrected chi connectivity index (χ3v) is 8.07. The van der Waals surface area contributed by atoms with Gasteiger partial charge in [-0.05, 0) is 31.9 Å². The second-order valence-electron chi connectivity index (χ2n) is 8.22. The molecule has 1 aromatic carbocycles. The van der Waals surface area contributed by atoms with Crippen LogP contribution in [0.15, 0.2) is 35.5 Å². The molecule has 1 aromatic heterocycles. The summed E-state index contributed by atoms with van der Waals surface area (Å²) in [4.78, 5) is 21.9. The zero-order chi connectivity index (χ0) is 24.5. The Balaban J connectivity index is 1.59. The second kappa shape index (κ2) is 9.49. The number of hydrogen-bond donors (Lipinski definition) is 0. The molecule has 0 saturated carbocycles. The summed E-state index contributed by atoms with van der Waals surface area (Å²) in [5.74, 6) is 0.119. The molecule has 0 bridgehead atoms. The van der Waals surface area contributed by atoms with E-state index in [-0.39, 0.29) is 31.4 Å². The van der Waals surface area contributed by atoms with Crippen LogP contribution in [-0.2, 0) is 38.7 Å². The summed E-state index contributed by atoms with van der Waals surface area (Å²) in [5, 5.41) is 0. The third-order valence-electron chi connectivity index (χ3n) is 6.17. The quantitative estimate of drug-likeness (QED) is 0.585. The van der Waals surface area contributed by atoms with E-state index in [1.165, 1.54) is 18.5 Å². The minimum absolute atomic E-state index is 0.0168. The van der Waals surface area contributed by atoms with Crippen molar-refractivity contribution < 1.29 is 31.1 Å². The maximum atomic E-state index is 13.5. The van der Waals surface area contributed by atoms with Gasteiger partial charge in [0.1, 0.15) is 12.1 Å². The summed E-state index contributed by atoms with van der Waals surface area (Å²) in [6.07, 6.45) is -1.99. The zero-order valence-corrected chi connectivity index (χ0v) is 19.4. The molecule has 0 amide bonds. The summed E-state index contributed by atoms with van der Waals surface area (Å²) in [6.45, 7) is 3.02. The maximum absolute atomic E-state index is 13.5. The van der Waals surface area contributed by atoms with Gasteiger partial charge in [0.05, 0.1) is 28.7 Å². The molecule has 0 spiro atoms. The van der Waals surface area contributed by atoms with Crippen molar-refractivity contribution in [1.82, 2.24) is 14.3 Å². The maximum Gasteiger partial charge on any atom is 0.417 e. The molecule has 0 aliphatic carbocycles. The van der Waals surface area contributed by atoms with Crippen LogP contribution in [0.2, 0.25) is 0 Å². The molecule has 2 aliphatic heterocycles. The first kappa shape index (κ1) is 24.4. The van der Waals surface area contributed by atoms with Gasteiger partial charge < -0.3 is 9.64 Å². The van der Waals surface area contributed by atoms with E-state index in [0.717, 1.165) is 16.4 Å². The van der Waals surface area contributed by atoms with E-state index in [2.05, 4.69) is 9.97 Å². The van der Waals surface area contributed by atoms with E-state index in [4.69, 9.17) is 4.74 Å². The zero-order valence-electron chi connectivity index (χ0n) is 18.6. The van der Waals surface area contributed by atoms with Crippen LogP contribution in [0.3, 0.4) is 0 Å². The van der Waals surface area contributed by atoms with Gasteiger partial charge in [0.2, 0.25) is 10.0 Å². The monoisotopic (exact) mass is 498 g/mol. The lowest BCUT2D eigenvalue weighted by Crippen LogP contribution is -2.41. The van der Waals surface area contributed by atoms with Crippen LogP contribution in [0.25, 0.3) is 0 Å². The van der Waals surface area contributed by atoms with Gasteiger partial charge in [0.25, 0.3) is 0 Å². The number of fused-ring (bicyclic) bond motifs is 1. The summed E-state index contributed by atoms with van der Waals surface area (Å²) < 4.78 is 73.1. The molecule has 4 rings (SSSR count). The van der Waals surface area contributed by atoms with Crippen molar-refractivity contribution in [3.05, 3.63) is 47.4 Å².